The lowest BCUT2D eigenvalue weighted by Gasteiger charge is -2.26. The quantitative estimate of drug-likeness (QED) is 0.145. The van der Waals surface area contributed by atoms with E-state index < -0.39 is 0 Å². The van der Waals surface area contributed by atoms with Crippen molar-refractivity contribution in [2.24, 2.45) is 0 Å². The van der Waals surface area contributed by atoms with E-state index in [9.17, 15) is 0 Å². The molecule has 52 heavy (non-hydrogen) atoms. The molecule has 248 valence electrons. The van der Waals surface area contributed by atoms with Gasteiger partial charge < -0.3 is 9.47 Å². The van der Waals surface area contributed by atoms with Crippen LogP contribution in [0.25, 0.3) is 64.4 Å². The Balaban J connectivity index is 1.20. The number of nitrogens with zero attached hydrogens (tertiary/aromatic N) is 2. The monoisotopic (exact) mass is 684 g/mol. The number of benzene rings is 7. The van der Waals surface area contributed by atoms with E-state index in [1.165, 1.54) is 53.1 Å². The van der Waals surface area contributed by atoms with E-state index in [2.05, 4.69) is 198 Å². The molecule has 0 unspecified atom stereocenters. The van der Waals surface area contributed by atoms with Gasteiger partial charge in [0, 0.05) is 53.7 Å². The van der Waals surface area contributed by atoms with Crippen LogP contribution in [0.3, 0.4) is 0 Å². The first-order valence-electron chi connectivity index (χ1n) is 17.7. The first-order valence-corrected chi connectivity index (χ1v) is 18.5. The van der Waals surface area contributed by atoms with E-state index in [1.807, 2.05) is 24.3 Å². The summed E-state index contributed by atoms with van der Waals surface area (Å²) in [6.45, 7) is 5.98. The lowest BCUT2D eigenvalue weighted by atomic mass is 9.99. The molecule has 0 bridgehead atoms. The molecular weight excluding hydrogens is 649 g/mol. The van der Waals surface area contributed by atoms with Crippen LogP contribution in [0.2, 0.25) is 0 Å². The molecule has 9 aromatic rings. The Kier molecular flexibility index (Phi) is 8.11. The molecule has 0 radical (unpaired) electrons. The zero-order valence-electron chi connectivity index (χ0n) is 28.9. The largest absolute Gasteiger partial charge is 0.310 e. The summed E-state index contributed by atoms with van der Waals surface area (Å²) in [6, 6.07) is 59.5. The zero-order chi connectivity index (χ0) is 35.0. The highest BCUT2D eigenvalue weighted by molar-refractivity contribution is 7.25. The summed E-state index contributed by atoms with van der Waals surface area (Å²) < 4.78 is 5.00. The Labute approximate surface area is 308 Å². The molecule has 0 spiro atoms. The van der Waals surface area contributed by atoms with Gasteiger partial charge in [0.25, 0.3) is 0 Å². The van der Waals surface area contributed by atoms with Gasteiger partial charge >= 0.3 is 0 Å². The summed E-state index contributed by atoms with van der Waals surface area (Å²) in [6.07, 6.45) is 8.09. The second-order valence-electron chi connectivity index (χ2n) is 13.0. The van der Waals surface area contributed by atoms with Gasteiger partial charge in [-0.1, -0.05) is 122 Å². The van der Waals surface area contributed by atoms with E-state index in [0.717, 1.165) is 33.9 Å². The first kappa shape index (κ1) is 31.6. The molecule has 7 aromatic carbocycles. The van der Waals surface area contributed by atoms with Crippen LogP contribution in [0.1, 0.15) is 12.5 Å². The molecule has 2 nitrogen and oxygen atoms in total. The first-order chi connectivity index (χ1) is 25.7. The van der Waals surface area contributed by atoms with Crippen LogP contribution in [0.5, 0.6) is 0 Å². The fourth-order valence-corrected chi connectivity index (χ4v) is 8.70. The standard InChI is InChI=1S/C49H36N2S/c1-3-13-34(14-4-2)35-23-27-38(28-24-35)50(39-29-25-36(26-30-39)41-19-12-22-48-49(41)43-18-9-11-21-47(43)52-48)40-31-32-46-44(33-40)42-17-8-10-20-45(42)51(46)37-15-6-5-7-16-37/h3-33H,1H2,2H3/b14-4-,34-13+. The number of fused-ring (bicyclic) bond motifs is 6. The fourth-order valence-electron chi connectivity index (χ4n) is 7.57. The van der Waals surface area contributed by atoms with Gasteiger partial charge in [0.1, 0.15) is 0 Å². The minimum atomic E-state index is 1.09. The summed E-state index contributed by atoms with van der Waals surface area (Å²) >= 11 is 1.86. The third kappa shape index (κ3) is 5.43. The molecule has 0 amide bonds. The number of para-hydroxylation sites is 2. The molecule has 0 aliphatic carbocycles. The van der Waals surface area contributed by atoms with Crippen molar-refractivity contribution in [1.29, 1.82) is 0 Å². The van der Waals surface area contributed by atoms with E-state index in [4.69, 9.17) is 0 Å². The van der Waals surface area contributed by atoms with Crippen molar-refractivity contribution in [3.63, 3.8) is 0 Å². The number of hydrogen-bond acceptors (Lipinski definition) is 2. The third-order valence-electron chi connectivity index (χ3n) is 9.87. The van der Waals surface area contributed by atoms with Crippen LogP contribution in [-0.4, -0.2) is 4.57 Å². The Bertz CT molecular complexity index is 2800. The molecule has 2 aromatic heterocycles. The van der Waals surface area contributed by atoms with Gasteiger partial charge in [-0.25, -0.2) is 0 Å². The maximum atomic E-state index is 3.94. The van der Waals surface area contributed by atoms with Crippen LogP contribution < -0.4 is 4.90 Å². The molecule has 0 N–H and O–H groups in total. The van der Waals surface area contributed by atoms with Crippen molar-refractivity contribution >= 4 is 76.0 Å². The lowest BCUT2D eigenvalue weighted by molar-refractivity contribution is 1.18. The minimum absolute atomic E-state index is 1.09. The maximum absolute atomic E-state index is 3.94. The van der Waals surface area contributed by atoms with Gasteiger partial charge in [-0.2, -0.15) is 0 Å². The molecule has 3 heteroatoms. The Morgan fingerprint density at radius 3 is 2.02 bits per heavy atom. The minimum Gasteiger partial charge on any atom is -0.310 e. The van der Waals surface area contributed by atoms with E-state index in [0.29, 0.717) is 0 Å². The predicted molar refractivity (Wildman–Crippen MR) is 227 cm³/mol. The lowest BCUT2D eigenvalue weighted by Crippen LogP contribution is -2.10. The second kappa shape index (κ2) is 13.4. The highest BCUT2D eigenvalue weighted by atomic mass is 32.1. The predicted octanol–water partition coefficient (Wildman–Crippen LogP) is 14.4. The average Bonchev–Trinajstić information content (AvgIpc) is 3.75. The van der Waals surface area contributed by atoms with Crippen LogP contribution in [0.15, 0.2) is 195 Å². The van der Waals surface area contributed by atoms with Gasteiger partial charge in [-0.3, -0.25) is 0 Å². The second-order valence-corrected chi connectivity index (χ2v) is 14.0. The van der Waals surface area contributed by atoms with Crippen molar-refractivity contribution in [3.8, 4) is 16.8 Å². The molecule has 0 atom stereocenters. The summed E-state index contributed by atoms with van der Waals surface area (Å²) in [4.78, 5) is 2.37. The van der Waals surface area contributed by atoms with Gasteiger partial charge in [-0.05, 0) is 102 Å². The molecular formula is C49H36N2S. The molecule has 0 saturated heterocycles. The number of thiophene rings is 1. The highest BCUT2D eigenvalue weighted by Gasteiger charge is 2.18. The fraction of sp³-hybridized carbons (Fsp3) is 0.0204. The summed E-state index contributed by atoms with van der Waals surface area (Å²) in [5, 5.41) is 5.09. The molecule has 0 aliphatic rings. The SMILES string of the molecule is C=C/C=C(\C=C/C)c1ccc(N(c2ccc(-c3cccc4sc5ccccc5c34)cc2)c2ccc3c(c2)c2ccccc2n3-c2ccccc2)cc1. The van der Waals surface area contributed by atoms with Crippen molar-refractivity contribution in [3.05, 3.63) is 200 Å². The summed E-state index contributed by atoms with van der Waals surface area (Å²) in [5.41, 5.74) is 11.6. The normalized spacial score (nSPS) is 12.1. The molecule has 9 rings (SSSR count). The number of aromatic nitrogens is 1. The van der Waals surface area contributed by atoms with Crippen molar-refractivity contribution < 1.29 is 0 Å². The van der Waals surface area contributed by atoms with Crippen molar-refractivity contribution in [2.45, 2.75) is 6.92 Å². The highest BCUT2D eigenvalue weighted by Crippen LogP contribution is 2.43. The van der Waals surface area contributed by atoms with Crippen LogP contribution >= 0.6 is 11.3 Å². The van der Waals surface area contributed by atoms with Crippen LogP contribution in [0, 0.1) is 0 Å². The maximum Gasteiger partial charge on any atom is 0.0542 e. The van der Waals surface area contributed by atoms with Gasteiger partial charge in [0.05, 0.1) is 11.0 Å². The average molecular weight is 685 g/mol. The topological polar surface area (TPSA) is 8.17 Å². The smallest absolute Gasteiger partial charge is 0.0542 e. The Hall–Kier alpha value is -6.42. The number of hydrogen-bond donors (Lipinski definition) is 0. The summed E-state index contributed by atoms with van der Waals surface area (Å²) in [5.74, 6) is 0. The van der Waals surface area contributed by atoms with Gasteiger partial charge in [-0.15, -0.1) is 11.3 Å². The Morgan fingerprint density at radius 1 is 0.596 bits per heavy atom. The van der Waals surface area contributed by atoms with E-state index >= 15 is 0 Å². The van der Waals surface area contributed by atoms with Crippen LogP contribution in [-0.2, 0) is 0 Å². The van der Waals surface area contributed by atoms with Crippen LogP contribution in [0.4, 0.5) is 17.1 Å². The molecule has 0 aliphatic heterocycles. The molecule has 0 saturated carbocycles. The van der Waals surface area contributed by atoms with Crippen molar-refractivity contribution in [2.75, 3.05) is 4.90 Å². The number of rotatable bonds is 8. The third-order valence-corrected chi connectivity index (χ3v) is 11.0. The van der Waals surface area contributed by atoms with E-state index in [-0.39, 0.29) is 0 Å². The molecule has 2 heterocycles. The zero-order valence-corrected chi connectivity index (χ0v) is 29.7. The Morgan fingerprint density at radius 2 is 1.25 bits per heavy atom. The number of allylic oxidation sites excluding steroid dienone is 5. The number of anilines is 3. The van der Waals surface area contributed by atoms with Gasteiger partial charge in [0.2, 0.25) is 0 Å². The summed E-state index contributed by atoms with van der Waals surface area (Å²) in [7, 11) is 0. The molecule has 0 fully saturated rings. The van der Waals surface area contributed by atoms with Crippen molar-refractivity contribution in [1.82, 2.24) is 4.57 Å². The van der Waals surface area contributed by atoms with Gasteiger partial charge in [0.15, 0.2) is 0 Å². The van der Waals surface area contributed by atoms with E-state index in [1.54, 1.807) is 0 Å².